The molecule has 1 aliphatic rings. The van der Waals surface area contributed by atoms with Crippen LogP contribution in [0, 0.1) is 5.92 Å². The van der Waals surface area contributed by atoms with Gasteiger partial charge in [-0.2, -0.15) is 0 Å². The molecule has 0 radical (unpaired) electrons. The average Bonchev–Trinajstić information content (AvgIpc) is 3.52. The van der Waals surface area contributed by atoms with E-state index in [1.807, 2.05) is 26.8 Å². The Hall–Kier alpha value is -3.20. The summed E-state index contributed by atoms with van der Waals surface area (Å²) in [5.74, 6) is 2.09. The van der Waals surface area contributed by atoms with E-state index in [4.69, 9.17) is 0 Å². The second-order valence-electron chi connectivity index (χ2n) is 9.58. The van der Waals surface area contributed by atoms with Gasteiger partial charge in [-0.15, -0.1) is 21.5 Å². The number of hydrogen-bond acceptors (Lipinski definition) is 6. The van der Waals surface area contributed by atoms with Gasteiger partial charge in [-0.05, 0) is 42.3 Å². The first-order valence-electron chi connectivity index (χ1n) is 12.4. The van der Waals surface area contributed by atoms with Crippen molar-refractivity contribution in [3.05, 3.63) is 58.0 Å². The first-order chi connectivity index (χ1) is 17.0. The van der Waals surface area contributed by atoms with Gasteiger partial charge in [-0.1, -0.05) is 32.0 Å². The minimum Gasteiger partial charge on any atom is -0.368 e. The molecule has 0 atom stereocenters. The molecule has 184 valence electrons. The molecule has 8 nitrogen and oxygen atoms in total. The number of rotatable bonds is 8. The smallest absolute Gasteiger partial charge is 0.272 e. The molecular weight excluding hydrogens is 460 g/mol. The van der Waals surface area contributed by atoms with Crippen LogP contribution in [0.3, 0.4) is 0 Å². The zero-order valence-corrected chi connectivity index (χ0v) is 21.2. The number of fused-ring (bicyclic) bond motifs is 3. The lowest BCUT2D eigenvalue weighted by Gasteiger charge is -2.36. The summed E-state index contributed by atoms with van der Waals surface area (Å²) in [7, 11) is 0. The van der Waals surface area contributed by atoms with Gasteiger partial charge in [0, 0.05) is 51.3 Å². The predicted octanol–water partition coefficient (Wildman–Crippen LogP) is 3.82. The van der Waals surface area contributed by atoms with Gasteiger partial charge >= 0.3 is 0 Å². The number of para-hydroxylation sites is 1. The first kappa shape index (κ1) is 23.5. The molecule has 0 N–H and O–H groups in total. The molecular formula is C26H32N6O2S. The van der Waals surface area contributed by atoms with Crippen molar-refractivity contribution in [2.45, 2.75) is 46.1 Å². The van der Waals surface area contributed by atoms with Crippen molar-refractivity contribution in [2.24, 2.45) is 5.92 Å². The highest BCUT2D eigenvalue weighted by atomic mass is 32.1. The zero-order valence-electron chi connectivity index (χ0n) is 20.4. The lowest BCUT2D eigenvalue weighted by molar-refractivity contribution is -0.131. The molecule has 4 aromatic rings. The Bertz CT molecular complexity index is 1370. The van der Waals surface area contributed by atoms with Crippen LogP contribution in [-0.4, -0.2) is 56.2 Å². The van der Waals surface area contributed by atoms with Crippen molar-refractivity contribution in [2.75, 3.05) is 31.1 Å². The normalized spacial score (nSPS) is 14.5. The van der Waals surface area contributed by atoms with Gasteiger partial charge in [0.25, 0.3) is 5.56 Å². The van der Waals surface area contributed by atoms with E-state index in [0.717, 1.165) is 48.6 Å². The van der Waals surface area contributed by atoms with Crippen molar-refractivity contribution in [3.8, 4) is 0 Å². The molecule has 35 heavy (non-hydrogen) atoms. The van der Waals surface area contributed by atoms with Gasteiger partial charge in [0.2, 0.25) is 11.7 Å². The fraction of sp³-hybridized carbons (Fsp3) is 0.462. The van der Waals surface area contributed by atoms with Crippen LogP contribution >= 0.6 is 11.3 Å². The third-order valence-corrected chi connectivity index (χ3v) is 7.65. The molecule has 0 unspecified atom stereocenters. The van der Waals surface area contributed by atoms with Crippen LogP contribution in [0.2, 0.25) is 0 Å². The molecule has 1 fully saturated rings. The summed E-state index contributed by atoms with van der Waals surface area (Å²) in [4.78, 5) is 30.2. The number of piperazine rings is 1. The molecule has 1 amide bonds. The fourth-order valence-electron chi connectivity index (χ4n) is 4.74. The summed E-state index contributed by atoms with van der Waals surface area (Å²) in [5.41, 5.74) is 2.08. The van der Waals surface area contributed by atoms with Gasteiger partial charge in [0.1, 0.15) is 10.5 Å². The zero-order chi connectivity index (χ0) is 24.4. The molecule has 5 rings (SSSR count). The van der Waals surface area contributed by atoms with Crippen LogP contribution in [-0.2, 0) is 17.8 Å². The Labute approximate surface area is 208 Å². The molecule has 0 aliphatic carbocycles. The standard InChI is InChI=1S/C26H32N6O2S/c1-19(2)11-13-31-25(34)24-21(12-18-35-24)32-22(27-28-26(31)32)9-6-10-23(33)30-16-14-29(15-17-30)20-7-4-3-5-8-20/h3-5,7-8,12,18-19H,6,9-11,13-17H2,1-2H3. The monoisotopic (exact) mass is 492 g/mol. The largest absolute Gasteiger partial charge is 0.368 e. The lowest BCUT2D eigenvalue weighted by atomic mass is 10.1. The molecule has 9 heteroatoms. The van der Waals surface area contributed by atoms with Gasteiger partial charge in [0.05, 0.1) is 5.52 Å². The lowest BCUT2D eigenvalue weighted by Crippen LogP contribution is -2.48. The fourth-order valence-corrected chi connectivity index (χ4v) is 5.56. The number of thiophene rings is 1. The molecule has 0 saturated carbocycles. The van der Waals surface area contributed by atoms with E-state index in [1.54, 1.807) is 4.57 Å². The minimum atomic E-state index is 0.00641. The van der Waals surface area contributed by atoms with Crippen LogP contribution in [0.4, 0.5) is 5.69 Å². The summed E-state index contributed by atoms with van der Waals surface area (Å²) in [5, 5.41) is 10.8. The quantitative estimate of drug-likeness (QED) is 0.374. The summed E-state index contributed by atoms with van der Waals surface area (Å²) in [6, 6.07) is 12.3. The van der Waals surface area contributed by atoms with E-state index < -0.39 is 0 Å². The van der Waals surface area contributed by atoms with E-state index in [0.29, 0.717) is 37.5 Å². The number of anilines is 1. The highest BCUT2D eigenvalue weighted by Gasteiger charge is 2.22. The third-order valence-electron chi connectivity index (χ3n) is 6.75. The van der Waals surface area contributed by atoms with E-state index in [-0.39, 0.29) is 11.5 Å². The highest BCUT2D eigenvalue weighted by Crippen LogP contribution is 2.21. The van der Waals surface area contributed by atoms with E-state index in [2.05, 4.69) is 53.2 Å². The number of benzene rings is 1. The highest BCUT2D eigenvalue weighted by molar-refractivity contribution is 7.17. The number of carbonyl (C=O) groups is 1. The minimum absolute atomic E-state index is 0.00641. The second kappa shape index (κ2) is 10.2. The van der Waals surface area contributed by atoms with E-state index in [9.17, 15) is 9.59 Å². The maximum atomic E-state index is 13.1. The number of aromatic nitrogens is 4. The van der Waals surface area contributed by atoms with Crippen LogP contribution < -0.4 is 10.5 Å². The molecule has 0 spiro atoms. The molecule has 1 aliphatic heterocycles. The van der Waals surface area contributed by atoms with Crippen molar-refractivity contribution >= 4 is 38.9 Å². The summed E-state index contributed by atoms with van der Waals surface area (Å²) in [6.07, 6.45) is 2.74. The maximum Gasteiger partial charge on any atom is 0.272 e. The number of hydrogen-bond donors (Lipinski definition) is 0. The van der Waals surface area contributed by atoms with Crippen LogP contribution in [0.5, 0.6) is 0 Å². The Balaban J connectivity index is 1.24. The first-order valence-corrected chi connectivity index (χ1v) is 13.3. The van der Waals surface area contributed by atoms with Gasteiger partial charge in [-0.3, -0.25) is 18.6 Å². The van der Waals surface area contributed by atoms with Crippen molar-refractivity contribution in [1.82, 2.24) is 24.1 Å². The molecule has 0 bridgehead atoms. The maximum absolute atomic E-state index is 13.1. The summed E-state index contributed by atoms with van der Waals surface area (Å²) >= 11 is 1.46. The van der Waals surface area contributed by atoms with Crippen LogP contribution in [0.15, 0.2) is 46.6 Å². The average molecular weight is 493 g/mol. The van der Waals surface area contributed by atoms with Crippen molar-refractivity contribution < 1.29 is 4.79 Å². The number of nitrogens with zero attached hydrogens (tertiary/aromatic N) is 6. The molecule has 1 aromatic carbocycles. The van der Waals surface area contributed by atoms with Gasteiger partial charge in [0.15, 0.2) is 0 Å². The van der Waals surface area contributed by atoms with Crippen LogP contribution in [0.25, 0.3) is 16.0 Å². The molecule has 3 aromatic heterocycles. The Kier molecular flexibility index (Phi) is 6.86. The van der Waals surface area contributed by atoms with Gasteiger partial charge < -0.3 is 9.80 Å². The molecule has 4 heterocycles. The topological polar surface area (TPSA) is 75.7 Å². The van der Waals surface area contributed by atoms with Gasteiger partial charge in [-0.25, -0.2) is 0 Å². The number of amides is 1. The number of carbonyl (C=O) groups excluding carboxylic acids is 1. The van der Waals surface area contributed by atoms with Crippen molar-refractivity contribution in [1.29, 1.82) is 0 Å². The molecule has 1 saturated heterocycles. The van der Waals surface area contributed by atoms with E-state index in [1.165, 1.54) is 17.0 Å². The van der Waals surface area contributed by atoms with Crippen LogP contribution in [0.1, 0.15) is 38.9 Å². The van der Waals surface area contributed by atoms with Crippen molar-refractivity contribution in [3.63, 3.8) is 0 Å². The Morgan fingerprint density at radius 2 is 1.83 bits per heavy atom. The second-order valence-corrected chi connectivity index (χ2v) is 10.5. The van der Waals surface area contributed by atoms with E-state index >= 15 is 0 Å². The number of aryl methyl sites for hydroxylation is 2. The summed E-state index contributed by atoms with van der Waals surface area (Å²) < 4.78 is 4.50. The predicted molar refractivity (Wildman–Crippen MR) is 140 cm³/mol. The third kappa shape index (κ3) is 4.82. The SMILES string of the molecule is CC(C)CCn1c(=O)c2sccc2n2c(CCCC(=O)N3CCN(c4ccccc4)CC3)nnc12. The Morgan fingerprint density at radius 3 is 2.57 bits per heavy atom. The summed E-state index contributed by atoms with van der Waals surface area (Å²) in [6.45, 7) is 8.14. The Morgan fingerprint density at radius 1 is 1.06 bits per heavy atom.